The van der Waals surface area contributed by atoms with Crippen LogP contribution in [0.25, 0.3) is 0 Å². The van der Waals surface area contributed by atoms with Gasteiger partial charge in [-0.3, -0.25) is 0 Å². The molecule has 0 fully saturated rings. The standard InChI is InChI=1S/C17H41NO6Si2/c1-9-11-12-13-14-15-17(26(22-6,23-7)24-8)18-16(10-2)25(19-3,20-4)21-5/h16-18H,9-15H2,1-8H3. The Bertz CT molecular complexity index is 327. The summed E-state index contributed by atoms with van der Waals surface area (Å²) in [5, 5.41) is 3.66. The fourth-order valence-electron chi connectivity index (χ4n) is 3.38. The first kappa shape index (κ1) is 26.2. The lowest BCUT2D eigenvalue weighted by Crippen LogP contribution is -2.68. The predicted octanol–water partition coefficient (Wildman–Crippen LogP) is 2.92. The lowest BCUT2D eigenvalue weighted by atomic mass is 10.1. The lowest BCUT2D eigenvalue weighted by Gasteiger charge is -2.39. The SMILES string of the molecule is CCCCCCCC(NC(CC)[Si](OC)(OC)OC)[Si](OC)(OC)OC. The molecule has 0 aliphatic rings. The first-order chi connectivity index (χ1) is 12.5. The van der Waals surface area contributed by atoms with Gasteiger partial charge >= 0.3 is 17.6 Å². The second-order valence-electron chi connectivity index (χ2n) is 6.31. The van der Waals surface area contributed by atoms with Gasteiger partial charge in [-0.05, 0) is 12.8 Å². The zero-order valence-electron chi connectivity index (χ0n) is 18.1. The van der Waals surface area contributed by atoms with E-state index in [0.29, 0.717) is 0 Å². The minimum Gasteiger partial charge on any atom is -0.376 e. The highest BCUT2D eigenvalue weighted by atomic mass is 28.4. The lowest BCUT2D eigenvalue weighted by molar-refractivity contribution is 0.0883. The smallest absolute Gasteiger partial charge is 0.376 e. The van der Waals surface area contributed by atoms with Gasteiger partial charge in [-0.25, -0.2) is 0 Å². The summed E-state index contributed by atoms with van der Waals surface area (Å²) in [6.45, 7) is 4.31. The molecule has 0 aromatic carbocycles. The van der Waals surface area contributed by atoms with E-state index >= 15 is 0 Å². The van der Waals surface area contributed by atoms with Crippen LogP contribution in [0.1, 0.15) is 58.8 Å². The Labute approximate surface area is 162 Å². The van der Waals surface area contributed by atoms with Crippen LogP contribution in [0, 0.1) is 0 Å². The number of nitrogens with one attached hydrogen (secondary N) is 1. The molecule has 0 aliphatic heterocycles. The largest absolute Gasteiger partial charge is 0.518 e. The maximum absolute atomic E-state index is 5.76. The number of unbranched alkanes of at least 4 members (excludes halogenated alkanes) is 4. The molecule has 0 spiro atoms. The van der Waals surface area contributed by atoms with Gasteiger partial charge in [0.15, 0.2) is 0 Å². The van der Waals surface area contributed by atoms with Gasteiger partial charge in [-0.2, -0.15) is 0 Å². The Morgan fingerprint density at radius 1 is 0.615 bits per heavy atom. The summed E-state index contributed by atoms with van der Waals surface area (Å²) in [5.74, 6) is 0. The normalized spacial score (nSPS) is 15.2. The molecule has 0 aromatic rings. The zero-order chi connectivity index (χ0) is 20.1. The fourth-order valence-corrected chi connectivity index (χ4v) is 8.12. The molecular weight excluding hydrogens is 370 g/mol. The molecule has 0 radical (unpaired) electrons. The van der Waals surface area contributed by atoms with Crippen molar-refractivity contribution in [3.8, 4) is 0 Å². The van der Waals surface area contributed by atoms with Crippen LogP contribution in [-0.2, 0) is 26.6 Å². The van der Waals surface area contributed by atoms with E-state index < -0.39 is 17.6 Å². The van der Waals surface area contributed by atoms with Crippen molar-refractivity contribution in [3.63, 3.8) is 0 Å². The van der Waals surface area contributed by atoms with Crippen molar-refractivity contribution in [2.45, 2.75) is 70.1 Å². The molecule has 0 heterocycles. The molecule has 0 saturated heterocycles. The molecular formula is C17H41NO6Si2. The highest BCUT2D eigenvalue weighted by Crippen LogP contribution is 2.22. The fraction of sp³-hybridized carbons (Fsp3) is 1.00. The molecule has 0 bridgehead atoms. The van der Waals surface area contributed by atoms with Gasteiger partial charge in [0.25, 0.3) is 0 Å². The second-order valence-corrected chi connectivity index (χ2v) is 12.6. The number of hydrogen-bond acceptors (Lipinski definition) is 7. The molecule has 9 heteroatoms. The van der Waals surface area contributed by atoms with Gasteiger partial charge in [-0.15, -0.1) is 0 Å². The Morgan fingerprint density at radius 3 is 1.42 bits per heavy atom. The van der Waals surface area contributed by atoms with E-state index in [9.17, 15) is 0 Å². The first-order valence-electron chi connectivity index (χ1n) is 9.56. The van der Waals surface area contributed by atoms with Gasteiger partial charge in [0.1, 0.15) is 0 Å². The highest BCUT2D eigenvalue weighted by Gasteiger charge is 2.53. The Balaban J connectivity index is 5.35. The average molecular weight is 412 g/mol. The van der Waals surface area contributed by atoms with Crippen molar-refractivity contribution in [1.82, 2.24) is 5.32 Å². The van der Waals surface area contributed by atoms with Gasteiger partial charge in [-0.1, -0.05) is 46.0 Å². The van der Waals surface area contributed by atoms with E-state index in [0.717, 1.165) is 19.3 Å². The summed E-state index contributed by atoms with van der Waals surface area (Å²) >= 11 is 0. The number of rotatable bonds is 17. The van der Waals surface area contributed by atoms with Crippen molar-refractivity contribution in [2.24, 2.45) is 0 Å². The van der Waals surface area contributed by atoms with E-state index in [1.165, 1.54) is 25.7 Å². The van der Waals surface area contributed by atoms with Gasteiger partial charge < -0.3 is 31.9 Å². The molecule has 1 N–H and O–H groups in total. The molecule has 7 nitrogen and oxygen atoms in total. The van der Waals surface area contributed by atoms with Crippen LogP contribution in [0.15, 0.2) is 0 Å². The Kier molecular flexibility index (Phi) is 14.3. The molecule has 0 aromatic heterocycles. The third-order valence-electron chi connectivity index (χ3n) is 4.97. The van der Waals surface area contributed by atoms with Crippen LogP contribution < -0.4 is 5.32 Å². The van der Waals surface area contributed by atoms with Crippen LogP contribution in [0.2, 0.25) is 0 Å². The summed E-state index contributed by atoms with van der Waals surface area (Å²) in [6.07, 6.45) is 7.72. The summed E-state index contributed by atoms with van der Waals surface area (Å²) in [4.78, 5) is 0. The quantitative estimate of drug-likeness (QED) is 0.291. The molecule has 0 rings (SSSR count). The third-order valence-corrected chi connectivity index (χ3v) is 11.1. The van der Waals surface area contributed by atoms with Gasteiger partial charge in [0.2, 0.25) is 0 Å². The molecule has 0 amide bonds. The summed E-state index contributed by atoms with van der Waals surface area (Å²) < 4.78 is 34.3. The average Bonchev–Trinajstić information content (AvgIpc) is 2.69. The minimum absolute atomic E-state index is 0.0543. The molecule has 0 saturated carbocycles. The maximum Gasteiger partial charge on any atom is 0.518 e. The van der Waals surface area contributed by atoms with Gasteiger partial charge in [0, 0.05) is 42.7 Å². The topological polar surface area (TPSA) is 67.4 Å². The van der Waals surface area contributed by atoms with E-state index in [1.807, 2.05) is 0 Å². The Hall–Kier alpha value is 0.154. The van der Waals surface area contributed by atoms with E-state index in [2.05, 4.69) is 19.2 Å². The van der Waals surface area contributed by atoms with Crippen molar-refractivity contribution in [3.05, 3.63) is 0 Å². The van der Waals surface area contributed by atoms with E-state index in [4.69, 9.17) is 26.6 Å². The van der Waals surface area contributed by atoms with Crippen molar-refractivity contribution in [1.29, 1.82) is 0 Å². The first-order valence-corrected chi connectivity index (χ1v) is 13.2. The summed E-state index contributed by atoms with van der Waals surface area (Å²) in [5.41, 5.74) is -0.128. The predicted molar refractivity (Wildman–Crippen MR) is 108 cm³/mol. The van der Waals surface area contributed by atoms with E-state index in [-0.39, 0.29) is 11.3 Å². The minimum atomic E-state index is -2.87. The van der Waals surface area contributed by atoms with Crippen LogP contribution in [-0.4, -0.2) is 71.6 Å². The second kappa shape index (κ2) is 14.2. The molecule has 2 atom stereocenters. The van der Waals surface area contributed by atoms with Crippen LogP contribution in [0.3, 0.4) is 0 Å². The van der Waals surface area contributed by atoms with E-state index in [1.54, 1.807) is 42.7 Å². The zero-order valence-corrected chi connectivity index (χ0v) is 20.1. The van der Waals surface area contributed by atoms with Gasteiger partial charge in [0.05, 0.1) is 11.3 Å². The van der Waals surface area contributed by atoms with Crippen LogP contribution >= 0.6 is 0 Å². The van der Waals surface area contributed by atoms with Crippen molar-refractivity contribution < 1.29 is 26.6 Å². The maximum atomic E-state index is 5.76. The number of hydrogen-bond donors (Lipinski definition) is 1. The molecule has 158 valence electrons. The summed E-state index contributed by atoms with van der Waals surface area (Å²) in [7, 11) is 4.16. The summed E-state index contributed by atoms with van der Waals surface area (Å²) in [6, 6.07) is 0. The van der Waals surface area contributed by atoms with Crippen molar-refractivity contribution in [2.75, 3.05) is 42.7 Å². The molecule has 26 heavy (non-hydrogen) atoms. The highest BCUT2D eigenvalue weighted by molar-refractivity contribution is 6.64. The Morgan fingerprint density at radius 2 is 1.04 bits per heavy atom. The third kappa shape index (κ3) is 6.95. The monoisotopic (exact) mass is 411 g/mol. The molecule has 0 aliphatic carbocycles. The van der Waals surface area contributed by atoms with Crippen LogP contribution in [0.5, 0.6) is 0 Å². The van der Waals surface area contributed by atoms with Crippen LogP contribution in [0.4, 0.5) is 0 Å². The molecule has 2 unspecified atom stereocenters. The van der Waals surface area contributed by atoms with Crippen molar-refractivity contribution >= 4 is 17.6 Å².